The Morgan fingerprint density at radius 2 is 1.78 bits per heavy atom. The number of hydrogen-bond donors (Lipinski definition) is 1. The van der Waals surface area contributed by atoms with E-state index in [4.69, 9.17) is 0 Å². The number of aliphatic hydroxyl groups is 1. The van der Waals surface area contributed by atoms with E-state index in [0.29, 0.717) is 11.8 Å². The Balaban J connectivity index is 1.94. The second-order valence-corrected chi connectivity index (χ2v) is 5.34. The van der Waals surface area contributed by atoms with Gasteiger partial charge in [-0.3, -0.25) is 0 Å². The van der Waals surface area contributed by atoms with Gasteiger partial charge >= 0.3 is 0 Å². The van der Waals surface area contributed by atoms with E-state index in [2.05, 4.69) is 18.8 Å². The molecule has 2 rings (SSSR count). The van der Waals surface area contributed by atoms with Crippen LogP contribution in [0, 0.1) is 23.7 Å². The zero-order chi connectivity index (χ0) is 12.8. The molecule has 1 aromatic carbocycles. The van der Waals surface area contributed by atoms with Crippen molar-refractivity contribution in [2.24, 2.45) is 11.8 Å². The molecule has 0 bridgehead atoms. The van der Waals surface area contributed by atoms with Gasteiger partial charge in [0, 0.05) is 5.56 Å². The van der Waals surface area contributed by atoms with Crippen molar-refractivity contribution in [2.75, 3.05) is 0 Å². The van der Waals surface area contributed by atoms with Gasteiger partial charge in [0.05, 0.1) is 0 Å². The standard InChI is InChI=1S/C17H22O/c1-14(16-10-6-3-7-11-16)17(18)13-12-15-8-4-2-5-9-15/h2,4-5,8-9,14,16-18H,3,6-7,10-11H2,1H3/t14-,17?/m1/s1. The van der Waals surface area contributed by atoms with Crippen LogP contribution in [0.15, 0.2) is 30.3 Å². The average Bonchev–Trinajstić information content (AvgIpc) is 2.46. The maximum Gasteiger partial charge on any atom is 0.117 e. The Morgan fingerprint density at radius 3 is 2.44 bits per heavy atom. The molecule has 1 saturated carbocycles. The molecule has 1 unspecified atom stereocenters. The molecule has 1 nitrogen and oxygen atoms in total. The van der Waals surface area contributed by atoms with Gasteiger partial charge in [-0.2, -0.15) is 0 Å². The lowest BCUT2D eigenvalue weighted by Crippen LogP contribution is -2.25. The molecule has 2 atom stereocenters. The molecular formula is C17H22O. The van der Waals surface area contributed by atoms with Crippen LogP contribution < -0.4 is 0 Å². The molecule has 0 aliphatic heterocycles. The van der Waals surface area contributed by atoms with E-state index in [1.807, 2.05) is 30.3 Å². The van der Waals surface area contributed by atoms with Crippen molar-refractivity contribution in [2.45, 2.75) is 45.1 Å². The zero-order valence-corrected chi connectivity index (χ0v) is 11.1. The van der Waals surface area contributed by atoms with Crippen molar-refractivity contribution in [3.63, 3.8) is 0 Å². The van der Waals surface area contributed by atoms with Crippen molar-refractivity contribution < 1.29 is 5.11 Å². The summed E-state index contributed by atoms with van der Waals surface area (Å²) < 4.78 is 0. The first-order valence-electron chi connectivity index (χ1n) is 7.02. The molecule has 1 aromatic rings. The van der Waals surface area contributed by atoms with Gasteiger partial charge in [0.15, 0.2) is 0 Å². The summed E-state index contributed by atoms with van der Waals surface area (Å²) in [4.78, 5) is 0. The summed E-state index contributed by atoms with van der Waals surface area (Å²) in [6.07, 6.45) is 6.00. The quantitative estimate of drug-likeness (QED) is 0.785. The van der Waals surface area contributed by atoms with Crippen LogP contribution >= 0.6 is 0 Å². The third-order valence-electron chi connectivity index (χ3n) is 4.03. The summed E-state index contributed by atoms with van der Waals surface area (Å²) in [7, 11) is 0. The molecule has 1 aliphatic rings. The Bertz CT molecular complexity index is 406. The highest BCUT2D eigenvalue weighted by Crippen LogP contribution is 2.31. The highest BCUT2D eigenvalue weighted by atomic mass is 16.3. The lowest BCUT2D eigenvalue weighted by Gasteiger charge is -2.28. The summed E-state index contributed by atoms with van der Waals surface area (Å²) in [5.74, 6) is 7.01. The summed E-state index contributed by atoms with van der Waals surface area (Å²) in [6.45, 7) is 2.14. The molecule has 0 amide bonds. The van der Waals surface area contributed by atoms with Crippen LogP contribution in [0.2, 0.25) is 0 Å². The van der Waals surface area contributed by atoms with Crippen LogP contribution in [0.3, 0.4) is 0 Å². The average molecular weight is 242 g/mol. The molecule has 0 heterocycles. The van der Waals surface area contributed by atoms with E-state index in [1.54, 1.807) is 0 Å². The largest absolute Gasteiger partial charge is 0.380 e. The molecule has 1 heteroatoms. The Morgan fingerprint density at radius 1 is 1.11 bits per heavy atom. The van der Waals surface area contributed by atoms with Gasteiger partial charge in [0.25, 0.3) is 0 Å². The lowest BCUT2D eigenvalue weighted by atomic mass is 9.78. The van der Waals surface area contributed by atoms with E-state index >= 15 is 0 Å². The first-order valence-corrected chi connectivity index (χ1v) is 7.02. The number of benzene rings is 1. The predicted octanol–water partition coefficient (Wildman–Crippen LogP) is 3.62. The molecular weight excluding hydrogens is 220 g/mol. The summed E-state index contributed by atoms with van der Waals surface area (Å²) in [5.41, 5.74) is 0.979. The van der Waals surface area contributed by atoms with Crippen LogP contribution in [0.1, 0.15) is 44.6 Å². The molecule has 0 spiro atoms. The second kappa shape index (κ2) is 6.61. The predicted molar refractivity (Wildman–Crippen MR) is 75.1 cm³/mol. The van der Waals surface area contributed by atoms with Gasteiger partial charge < -0.3 is 5.11 Å². The second-order valence-electron chi connectivity index (χ2n) is 5.34. The first-order chi connectivity index (χ1) is 8.77. The minimum Gasteiger partial charge on any atom is -0.380 e. The third-order valence-corrected chi connectivity index (χ3v) is 4.03. The smallest absolute Gasteiger partial charge is 0.117 e. The molecule has 96 valence electrons. The normalized spacial score (nSPS) is 19.7. The molecule has 0 aromatic heterocycles. The zero-order valence-electron chi connectivity index (χ0n) is 11.1. The van der Waals surface area contributed by atoms with E-state index in [0.717, 1.165) is 5.56 Å². The third kappa shape index (κ3) is 3.62. The Kier molecular flexibility index (Phi) is 4.84. The van der Waals surface area contributed by atoms with Gasteiger partial charge in [-0.15, -0.1) is 0 Å². The van der Waals surface area contributed by atoms with E-state index in [9.17, 15) is 5.11 Å². The van der Waals surface area contributed by atoms with Gasteiger partial charge in [0.2, 0.25) is 0 Å². The monoisotopic (exact) mass is 242 g/mol. The summed E-state index contributed by atoms with van der Waals surface area (Å²) >= 11 is 0. The van der Waals surface area contributed by atoms with Gasteiger partial charge in [-0.25, -0.2) is 0 Å². The molecule has 0 radical (unpaired) electrons. The number of hydrogen-bond acceptors (Lipinski definition) is 1. The van der Waals surface area contributed by atoms with Crippen LogP contribution in [-0.2, 0) is 0 Å². The molecule has 0 saturated heterocycles. The summed E-state index contributed by atoms with van der Waals surface area (Å²) in [5, 5.41) is 10.2. The van der Waals surface area contributed by atoms with Crippen molar-refractivity contribution in [1.29, 1.82) is 0 Å². The van der Waals surface area contributed by atoms with Crippen molar-refractivity contribution >= 4 is 0 Å². The fourth-order valence-corrected chi connectivity index (χ4v) is 2.73. The van der Waals surface area contributed by atoms with Crippen molar-refractivity contribution in [3.8, 4) is 11.8 Å². The van der Waals surface area contributed by atoms with Crippen LogP contribution in [0.5, 0.6) is 0 Å². The Labute approximate surface area is 110 Å². The van der Waals surface area contributed by atoms with Gasteiger partial charge in [-0.1, -0.05) is 69.1 Å². The van der Waals surface area contributed by atoms with E-state index in [-0.39, 0.29) is 0 Å². The topological polar surface area (TPSA) is 20.2 Å². The Hall–Kier alpha value is -1.26. The van der Waals surface area contributed by atoms with Gasteiger partial charge in [-0.05, 0) is 24.0 Å². The van der Waals surface area contributed by atoms with Gasteiger partial charge in [0.1, 0.15) is 6.10 Å². The fourth-order valence-electron chi connectivity index (χ4n) is 2.73. The van der Waals surface area contributed by atoms with Crippen LogP contribution in [0.25, 0.3) is 0 Å². The number of aliphatic hydroxyl groups excluding tert-OH is 1. The molecule has 1 N–H and O–H groups in total. The molecule has 1 aliphatic carbocycles. The number of rotatable bonds is 2. The van der Waals surface area contributed by atoms with Crippen molar-refractivity contribution in [1.82, 2.24) is 0 Å². The summed E-state index contributed by atoms with van der Waals surface area (Å²) in [6, 6.07) is 9.88. The molecule has 18 heavy (non-hydrogen) atoms. The fraction of sp³-hybridized carbons (Fsp3) is 0.529. The SMILES string of the molecule is C[C@@H](C(O)C#Cc1ccccc1)C1CCCCC1. The minimum atomic E-state index is -0.492. The van der Waals surface area contributed by atoms with Crippen molar-refractivity contribution in [3.05, 3.63) is 35.9 Å². The minimum absolute atomic E-state index is 0.293. The lowest BCUT2D eigenvalue weighted by molar-refractivity contribution is 0.112. The first kappa shape index (κ1) is 13.2. The maximum absolute atomic E-state index is 10.2. The van der Waals surface area contributed by atoms with Crippen LogP contribution in [-0.4, -0.2) is 11.2 Å². The molecule has 1 fully saturated rings. The highest BCUT2D eigenvalue weighted by molar-refractivity contribution is 5.34. The van der Waals surface area contributed by atoms with E-state index in [1.165, 1.54) is 32.1 Å². The highest BCUT2D eigenvalue weighted by Gasteiger charge is 2.24. The van der Waals surface area contributed by atoms with Crippen LogP contribution in [0.4, 0.5) is 0 Å². The maximum atomic E-state index is 10.2. The van der Waals surface area contributed by atoms with E-state index < -0.39 is 6.10 Å².